The van der Waals surface area contributed by atoms with Crippen LogP contribution >= 0.6 is 0 Å². The molecule has 0 bridgehead atoms. The summed E-state index contributed by atoms with van der Waals surface area (Å²) in [6, 6.07) is 5.94. The zero-order valence-electron chi connectivity index (χ0n) is 13.2. The monoisotopic (exact) mass is 305 g/mol. The third kappa shape index (κ3) is 3.27. The van der Waals surface area contributed by atoms with Crippen LogP contribution in [0.3, 0.4) is 0 Å². The predicted octanol–water partition coefficient (Wildman–Crippen LogP) is 3.62. The molecule has 2 N–H and O–H groups in total. The zero-order chi connectivity index (χ0) is 16.5. The van der Waals surface area contributed by atoms with Gasteiger partial charge in [0.25, 0.3) is 0 Å². The lowest BCUT2D eigenvalue weighted by Gasteiger charge is -2.19. The van der Waals surface area contributed by atoms with Gasteiger partial charge in [0.05, 0.1) is 11.4 Å². The fourth-order valence-electron chi connectivity index (χ4n) is 2.11. The van der Waals surface area contributed by atoms with Gasteiger partial charge in [-0.15, -0.1) is 0 Å². The Kier molecular flexibility index (Phi) is 4.21. The van der Waals surface area contributed by atoms with Gasteiger partial charge in [-0.2, -0.15) is 9.78 Å². The van der Waals surface area contributed by atoms with Gasteiger partial charge in [-0.25, -0.2) is 9.18 Å². The van der Waals surface area contributed by atoms with Gasteiger partial charge in [-0.05, 0) is 39.3 Å². The molecule has 0 amide bonds. The number of ether oxygens (including phenoxy) is 1. The number of carbonyl (C=O) groups excluding carboxylic acids is 1. The van der Waals surface area contributed by atoms with Crippen molar-refractivity contribution in [1.82, 2.24) is 9.78 Å². The molecule has 0 saturated heterocycles. The van der Waals surface area contributed by atoms with Crippen molar-refractivity contribution in [3.8, 4) is 11.3 Å². The van der Waals surface area contributed by atoms with Crippen LogP contribution in [0.2, 0.25) is 0 Å². The van der Waals surface area contributed by atoms with E-state index in [9.17, 15) is 9.18 Å². The van der Waals surface area contributed by atoms with Gasteiger partial charge in [-0.1, -0.05) is 19.1 Å². The first-order valence-corrected chi connectivity index (χ1v) is 7.09. The molecule has 0 radical (unpaired) electrons. The van der Waals surface area contributed by atoms with E-state index in [1.807, 2.05) is 6.92 Å². The van der Waals surface area contributed by atoms with Crippen LogP contribution in [-0.4, -0.2) is 21.5 Å². The van der Waals surface area contributed by atoms with Gasteiger partial charge < -0.3 is 10.5 Å². The summed E-state index contributed by atoms with van der Waals surface area (Å²) in [4.78, 5) is 12.3. The van der Waals surface area contributed by atoms with E-state index in [4.69, 9.17) is 10.5 Å². The van der Waals surface area contributed by atoms with Crippen LogP contribution in [0.25, 0.3) is 11.3 Å². The number of hydrogen-bond acceptors (Lipinski definition) is 4. The third-order valence-electron chi connectivity index (χ3n) is 3.02. The van der Waals surface area contributed by atoms with E-state index >= 15 is 0 Å². The highest BCUT2D eigenvalue weighted by molar-refractivity contribution is 5.80. The molecule has 0 aliphatic rings. The summed E-state index contributed by atoms with van der Waals surface area (Å²) in [5.74, 6) is -0.387. The number of hydrogen-bond donors (Lipinski definition) is 1. The quantitative estimate of drug-likeness (QED) is 0.920. The molecular formula is C16H20FN3O2. The summed E-state index contributed by atoms with van der Waals surface area (Å²) >= 11 is 0. The molecular weight excluding hydrogens is 285 g/mol. The Bertz CT molecular complexity index is 702. The highest BCUT2D eigenvalue weighted by Gasteiger charge is 2.24. The molecule has 1 aromatic heterocycles. The Morgan fingerprint density at radius 2 is 2.09 bits per heavy atom. The molecule has 0 saturated carbocycles. The van der Waals surface area contributed by atoms with E-state index in [-0.39, 0.29) is 5.82 Å². The Balaban J connectivity index is 2.49. The molecule has 1 aromatic carbocycles. The van der Waals surface area contributed by atoms with Gasteiger partial charge in [0.15, 0.2) is 0 Å². The number of nitrogens with two attached hydrogens (primary N) is 1. The second kappa shape index (κ2) is 5.79. The minimum absolute atomic E-state index is 0.360. The Labute approximate surface area is 128 Å². The van der Waals surface area contributed by atoms with E-state index in [1.54, 1.807) is 32.9 Å². The number of halogens is 1. The summed E-state index contributed by atoms with van der Waals surface area (Å²) in [6.07, 6.45) is -0.0911. The molecule has 2 aromatic rings. The Morgan fingerprint density at radius 1 is 1.41 bits per heavy atom. The lowest BCUT2D eigenvalue weighted by atomic mass is 10.1. The van der Waals surface area contributed by atoms with Gasteiger partial charge in [0.2, 0.25) is 0 Å². The van der Waals surface area contributed by atoms with Crippen molar-refractivity contribution in [2.75, 3.05) is 5.73 Å². The minimum atomic E-state index is -0.637. The number of carbonyl (C=O) groups is 1. The molecule has 0 spiro atoms. The van der Waals surface area contributed by atoms with E-state index in [2.05, 4.69) is 5.10 Å². The molecule has 118 valence electrons. The maximum atomic E-state index is 13.4. The molecule has 0 fully saturated rings. The lowest BCUT2D eigenvalue weighted by Crippen LogP contribution is -2.28. The molecule has 0 aliphatic carbocycles. The number of rotatable bonds is 2. The van der Waals surface area contributed by atoms with Gasteiger partial charge in [0, 0.05) is 5.56 Å². The summed E-state index contributed by atoms with van der Waals surface area (Å²) in [5, 5.41) is 4.23. The van der Waals surface area contributed by atoms with Crippen LogP contribution in [0.1, 0.15) is 33.4 Å². The van der Waals surface area contributed by atoms with Crippen molar-refractivity contribution in [3.63, 3.8) is 0 Å². The maximum Gasteiger partial charge on any atom is 0.435 e. The standard InChI is InChI=1S/C16H20FN3O2/c1-5-12-13(18)14(10-7-6-8-11(17)9-10)19-20(12)15(21)22-16(2,3)4/h6-9H,5,18H2,1-4H3. The minimum Gasteiger partial charge on any atom is -0.442 e. The number of anilines is 1. The smallest absolute Gasteiger partial charge is 0.435 e. The van der Waals surface area contributed by atoms with Crippen molar-refractivity contribution in [2.24, 2.45) is 0 Å². The Hall–Kier alpha value is -2.37. The van der Waals surface area contributed by atoms with Crippen molar-refractivity contribution >= 4 is 11.8 Å². The van der Waals surface area contributed by atoms with Crippen LogP contribution < -0.4 is 5.73 Å². The molecule has 1 heterocycles. The van der Waals surface area contributed by atoms with Crippen LogP contribution in [0, 0.1) is 5.82 Å². The number of benzene rings is 1. The van der Waals surface area contributed by atoms with Crippen LogP contribution in [0.15, 0.2) is 24.3 Å². The van der Waals surface area contributed by atoms with Crippen molar-refractivity contribution < 1.29 is 13.9 Å². The van der Waals surface area contributed by atoms with E-state index < -0.39 is 11.7 Å². The molecule has 2 rings (SSSR count). The zero-order valence-corrected chi connectivity index (χ0v) is 13.2. The first kappa shape index (κ1) is 16.0. The van der Waals surface area contributed by atoms with Crippen molar-refractivity contribution in [1.29, 1.82) is 0 Å². The normalized spacial score (nSPS) is 11.5. The lowest BCUT2D eigenvalue weighted by molar-refractivity contribution is 0.0510. The first-order valence-electron chi connectivity index (χ1n) is 7.09. The van der Waals surface area contributed by atoms with Crippen molar-refractivity contribution in [2.45, 2.75) is 39.7 Å². The summed E-state index contributed by atoms with van der Waals surface area (Å²) < 4.78 is 19.9. The third-order valence-corrected chi connectivity index (χ3v) is 3.02. The SMILES string of the molecule is CCc1c(N)c(-c2cccc(F)c2)nn1C(=O)OC(C)(C)C. The predicted molar refractivity (Wildman–Crippen MR) is 83.0 cm³/mol. The number of nitrogen functional groups attached to an aromatic ring is 1. The van der Waals surface area contributed by atoms with Crippen molar-refractivity contribution in [3.05, 3.63) is 35.8 Å². The summed E-state index contributed by atoms with van der Waals surface area (Å²) in [7, 11) is 0. The fourth-order valence-corrected chi connectivity index (χ4v) is 2.11. The highest BCUT2D eigenvalue weighted by Crippen LogP contribution is 2.29. The van der Waals surface area contributed by atoms with E-state index in [0.29, 0.717) is 29.1 Å². The molecule has 0 atom stereocenters. The van der Waals surface area contributed by atoms with Crippen LogP contribution in [0.5, 0.6) is 0 Å². The topological polar surface area (TPSA) is 70.1 Å². The molecule has 0 unspecified atom stereocenters. The molecule has 5 nitrogen and oxygen atoms in total. The molecule has 22 heavy (non-hydrogen) atoms. The average Bonchev–Trinajstić information content (AvgIpc) is 2.74. The highest BCUT2D eigenvalue weighted by atomic mass is 19.1. The largest absolute Gasteiger partial charge is 0.442 e. The second-order valence-electron chi connectivity index (χ2n) is 5.97. The van der Waals surface area contributed by atoms with Gasteiger partial charge in [-0.3, -0.25) is 0 Å². The van der Waals surface area contributed by atoms with Gasteiger partial charge in [0.1, 0.15) is 17.1 Å². The van der Waals surface area contributed by atoms with Crippen LogP contribution in [-0.2, 0) is 11.2 Å². The molecule has 6 heteroatoms. The molecule has 0 aliphatic heterocycles. The summed E-state index contributed by atoms with van der Waals surface area (Å²) in [5.41, 5.74) is 7.26. The second-order valence-corrected chi connectivity index (χ2v) is 5.97. The maximum absolute atomic E-state index is 13.4. The first-order chi connectivity index (χ1) is 10.2. The number of nitrogens with zero attached hydrogens (tertiary/aromatic N) is 2. The Morgan fingerprint density at radius 3 is 2.64 bits per heavy atom. The van der Waals surface area contributed by atoms with Crippen LogP contribution in [0.4, 0.5) is 14.9 Å². The number of aromatic nitrogens is 2. The van der Waals surface area contributed by atoms with E-state index in [1.165, 1.54) is 12.1 Å². The average molecular weight is 305 g/mol. The van der Waals surface area contributed by atoms with E-state index in [0.717, 1.165) is 4.68 Å². The summed E-state index contributed by atoms with van der Waals surface area (Å²) in [6.45, 7) is 7.19. The fraction of sp³-hybridized carbons (Fsp3) is 0.375. The van der Waals surface area contributed by atoms with Gasteiger partial charge >= 0.3 is 6.09 Å².